The van der Waals surface area contributed by atoms with E-state index >= 15 is 0 Å². The number of carbonyl (C=O) groups excluding carboxylic acids is 2. The molecule has 0 saturated carbocycles. The summed E-state index contributed by atoms with van der Waals surface area (Å²) in [6.07, 6.45) is 1.81. The Morgan fingerprint density at radius 1 is 1.46 bits per heavy atom. The van der Waals surface area contributed by atoms with Gasteiger partial charge < -0.3 is 14.6 Å². The predicted octanol–water partition coefficient (Wildman–Crippen LogP) is 3.19. The summed E-state index contributed by atoms with van der Waals surface area (Å²) in [5.41, 5.74) is 1.23. The Labute approximate surface area is 143 Å². The lowest BCUT2D eigenvalue weighted by molar-refractivity contribution is -0.144. The average molecular weight is 351 g/mol. The Hall–Kier alpha value is -2.34. The number of hydrogen-bond donors (Lipinski definition) is 1. The number of benzene rings is 1. The largest absolute Gasteiger partial charge is 0.466 e. The van der Waals surface area contributed by atoms with Crippen molar-refractivity contribution >= 4 is 23.5 Å². The summed E-state index contributed by atoms with van der Waals surface area (Å²) in [4.78, 5) is 23.8. The monoisotopic (exact) mass is 350 g/mol. The molecule has 7 heteroatoms. The Morgan fingerprint density at radius 2 is 2.25 bits per heavy atom. The molecule has 0 aliphatic carbocycles. The second kappa shape index (κ2) is 6.65. The Bertz CT molecular complexity index is 803. The molecular weight excluding hydrogens is 335 g/mol. The van der Waals surface area contributed by atoms with Crippen molar-refractivity contribution in [3.05, 3.63) is 47.0 Å². The summed E-state index contributed by atoms with van der Waals surface area (Å²) in [6.45, 7) is 2.36. The molecule has 1 aliphatic rings. The second-order valence-corrected chi connectivity index (χ2v) is 5.95. The van der Waals surface area contributed by atoms with Gasteiger partial charge in [0.15, 0.2) is 0 Å². The first-order chi connectivity index (χ1) is 11.5. The highest BCUT2D eigenvalue weighted by molar-refractivity contribution is 6.30. The van der Waals surface area contributed by atoms with Crippen molar-refractivity contribution < 1.29 is 18.7 Å². The van der Waals surface area contributed by atoms with Gasteiger partial charge in [0.05, 0.1) is 19.1 Å². The standard InChI is InChI=1S/C17H16ClFN2O3/c1-2-24-16(22)7-12-8-20-17(23)15-5-10(9-21(12)15)13-6-11(18)3-4-14(13)19/h3-6,9,12H,2,7-8H2,1H3,(H,20,23). The molecule has 0 fully saturated rings. The maximum absolute atomic E-state index is 14.1. The van der Waals surface area contributed by atoms with Gasteiger partial charge in [-0.3, -0.25) is 9.59 Å². The van der Waals surface area contributed by atoms with E-state index in [0.29, 0.717) is 35.0 Å². The third-order valence-corrected chi connectivity index (χ3v) is 4.15. The number of aromatic nitrogens is 1. The van der Waals surface area contributed by atoms with Crippen LogP contribution in [0.25, 0.3) is 11.1 Å². The Balaban J connectivity index is 1.98. The quantitative estimate of drug-likeness (QED) is 0.861. The zero-order chi connectivity index (χ0) is 17.3. The number of carbonyl (C=O) groups is 2. The number of nitrogens with one attached hydrogen (secondary N) is 1. The van der Waals surface area contributed by atoms with E-state index in [1.54, 1.807) is 23.8 Å². The van der Waals surface area contributed by atoms with Crippen molar-refractivity contribution in [1.29, 1.82) is 0 Å². The highest BCUT2D eigenvalue weighted by Gasteiger charge is 2.28. The van der Waals surface area contributed by atoms with Crippen LogP contribution >= 0.6 is 11.6 Å². The zero-order valence-electron chi connectivity index (χ0n) is 13.0. The SMILES string of the molecule is CCOC(=O)CC1CNC(=O)c2cc(-c3cc(Cl)ccc3F)cn21. The minimum absolute atomic E-state index is 0.132. The molecule has 1 amide bonds. The van der Waals surface area contributed by atoms with Gasteiger partial charge in [-0.25, -0.2) is 4.39 Å². The van der Waals surface area contributed by atoms with Crippen LogP contribution in [-0.4, -0.2) is 29.6 Å². The van der Waals surface area contributed by atoms with E-state index in [4.69, 9.17) is 16.3 Å². The number of nitrogens with zero attached hydrogens (tertiary/aromatic N) is 1. The van der Waals surface area contributed by atoms with Crippen molar-refractivity contribution in [2.24, 2.45) is 0 Å². The van der Waals surface area contributed by atoms with Gasteiger partial charge in [0.25, 0.3) is 5.91 Å². The van der Waals surface area contributed by atoms with Crippen molar-refractivity contribution in [3.8, 4) is 11.1 Å². The number of esters is 1. The normalized spacial score (nSPS) is 16.5. The summed E-state index contributed by atoms with van der Waals surface area (Å²) >= 11 is 5.94. The van der Waals surface area contributed by atoms with Crippen molar-refractivity contribution in [2.45, 2.75) is 19.4 Å². The maximum atomic E-state index is 14.1. The van der Waals surface area contributed by atoms with Crippen LogP contribution in [0.15, 0.2) is 30.5 Å². The predicted molar refractivity (Wildman–Crippen MR) is 87.5 cm³/mol. The van der Waals surface area contributed by atoms with Crippen LogP contribution in [0.4, 0.5) is 4.39 Å². The Morgan fingerprint density at radius 3 is 3.00 bits per heavy atom. The number of amides is 1. The molecule has 1 aromatic carbocycles. The van der Waals surface area contributed by atoms with E-state index < -0.39 is 5.82 Å². The van der Waals surface area contributed by atoms with E-state index in [0.717, 1.165) is 0 Å². The van der Waals surface area contributed by atoms with E-state index in [1.807, 2.05) is 0 Å². The van der Waals surface area contributed by atoms with Gasteiger partial charge in [0.2, 0.25) is 0 Å². The molecule has 24 heavy (non-hydrogen) atoms. The first kappa shape index (κ1) is 16.5. The van der Waals surface area contributed by atoms with Crippen molar-refractivity contribution in [3.63, 3.8) is 0 Å². The molecule has 2 aromatic rings. The Kier molecular flexibility index (Phi) is 4.57. The summed E-state index contributed by atoms with van der Waals surface area (Å²) < 4.78 is 20.8. The molecule has 1 atom stereocenters. The highest BCUT2D eigenvalue weighted by atomic mass is 35.5. The second-order valence-electron chi connectivity index (χ2n) is 5.52. The fraction of sp³-hybridized carbons (Fsp3) is 0.294. The maximum Gasteiger partial charge on any atom is 0.307 e. The molecule has 0 radical (unpaired) electrons. The minimum Gasteiger partial charge on any atom is -0.466 e. The first-order valence-corrected chi connectivity index (χ1v) is 7.98. The number of hydrogen-bond acceptors (Lipinski definition) is 3. The molecular formula is C17H16ClFN2O3. The lowest BCUT2D eigenvalue weighted by Crippen LogP contribution is -2.39. The van der Waals surface area contributed by atoms with Crippen LogP contribution in [0, 0.1) is 5.82 Å². The van der Waals surface area contributed by atoms with Crippen LogP contribution in [0.3, 0.4) is 0 Å². The molecule has 3 rings (SSSR count). The molecule has 2 heterocycles. The molecule has 1 aromatic heterocycles. The fourth-order valence-electron chi connectivity index (χ4n) is 2.81. The highest BCUT2D eigenvalue weighted by Crippen LogP contribution is 2.31. The fourth-order valence-corrected chi connectivity index (χ4v) is 2.98. The minimum atomic E-state index is -0.426. The molecule has 126 valence electrons. The molecule has 1 aliphatic heterocycles. The first-order valence-electron chi connectivity index (χ1n) is 7.60. The van der Waals surface area contributed by atoms with Gasteiger partial charge in [-0.15, -0.1) is 0 Å². The molecule has 5 nitrogen and oxygen atoms in total. The third-order valence-electron chi connectivity index (χ3n) is 3.92. The van der Waals surface area contributed by atoms with Crippen LogP contribution in [0.1, 0.15) is 29.9 Å². The number of ether oxygens (including phenoxy) is 1. The van der Waals surface area contributed by atoms with Crippen LogP contribution in [0.5, 0.6) is 0 Å². The topological polar surface area (TPSA) is 60.3 Å². The third kappa shape index (κ3) is 3.14. The number of halogens is 2. The summed E-state index contributed by atoms with van der Waals surface area (Å²) in [5, 5.41) is 3.14. The molecule has 0 saturated heterocycles. The lowest BCUT2D eigenvalue weighted by Gasteiger charge is -2.25. The molecule has 0 spiro atoms. The van der Waals surface area contributed by atoms with Crippen molar-refractivity contribution in [2.75, 3.05) is 13.2 Å². The van der Waals surface area contributed by atoms with Gasteiger partial charge >= 0.3 is 5.97 Å². The zero-order valence-corrected chi connectivity index (χ0v) is 13.8. The van der Waals surface area contributed by atoms with Gasteiger partial charge in [-0.2, -0.15) is 0 Å². The van der Waals surface area contributed by atoms with Crippen LogP contribution in [-0.2, 0) is 9.53 Å². The summed E-state index contributed by atoms with van der Waals surface area (Å²) in [6, 6.07) is 5.59. The smallest absolute Gasteiger partial charge is 0.307 e. The number of rotatable bonds is 4. The molecule has 1 unspecified atom stereocenters. The van der Waals surface area contributed by atoms with E-state index in [9.17, 15) is 14.0 Å². The van der Waals surface area contributed by atoms with Gasteiger partial charge in [-0.1, -0.05) is 11.6 Å². The average Bonchev–Trinajstić information content (AvgIpc) is 2.99. The van der Waals surface area contributed by atoms with E-state index in [2.05, 4.69) is 5.32 Å². The van der Waals surface area contributed by atoms with Crippen LogP contribution < -0.4 is 5.32 Å². The van der Waals surface area contributed by atoms with Crippen LogP contribution in [0.2, 0.25) is 5.02 Å². The van der Waals surface area contributed by atoms with Gasteiger partial charge in [0, 0.05) is 28.9 Å². The summed E-state index contributed by atoms with van der Waals surface area (Å²) in [5.74, 6) is -1.03. The van der Waals surface area contributed by atoms with E-state index in [1.165, 1.54) is 18.2 Å². The molecule has 0 bridgehead atoms. The number of fused-ring (bicyclic) bond motifs is 1. The van der Waals surface area contributed by atoms with Gasteiger partial charge in [0.1, 0.15) is 11.5 Å². The van der Waals surface area contributed by atoms with Gasteiger partial charge in [-0.05, 0) is 31.2 Å². The lowest BCUT2D eigenvalue weighted by atomic mass is 10.1. The summed E-state index contributed by atoms with van der Waals surface area (Å²) in [7, 11) is 0. The molecule has 1 N–H and O–H groups in total. The van der Waals surface area contributed by atoms with Crippen molar-refractivity contribution in [1.82, 2.24) is 9.88 Å². The van der Waals surface area contributed by atoms with E-state index in [-0.39, 0.29) is 24.3 Å².